The Morgan fingerprint density at radius 2 is 1.15 bits per heavy atom. The molecular formula is C30H57O8P. The van der Waals surface area contributed by atoms with E-state index in [1.165, 1.54) is 64.2 Å². The molecule has 1 atom stereocenters. The fraction of sp³-hybridized carbons (Fsp3) is 0.867. The fourth-order valence-corrected chi connectivity index (χ4v) is 4.68. The highest BCUT2D eigenvalue weighted by Gasteiger charge is 2.22. The molecule has 0 amide bonds. The minimum absolute atomic E-state index is 0.203. The SMILES string of the molecule is C/C=C/CCCCCCCC(=O)O[C@@H](COC(=O)CCCCCCCCCCCCCCC)COP(=O)(O)O. The molecule has 0 unspecified atom stereocenters. The molecule has 8 nitrogen and oxygen atoms in total. The minimum atomic E-state index is -4.73. The van der Waals surface area contributed by atoms with Crippen LogP contribution in [0.5, 0.6) is 0 Å². The van der Waals surface area contributed by atoms with Crippen molar-refractivity contribution in [1.82, 2.24) is 0 Å². The number of unbranched alkanes of at least 4 members (excludes halogenated alkanes) is 17. The Bertz CT molecular complexity index is 661. The molecule has 0 spiro atoms. The number of phosphoric ester groups is 1. The Labute approximate surface area is 237 Å². The third-order valence-corrected chi connectivity index (χ3v) is 7.11. The van der Waals surface area contributed by atoms with Crippen molar-refractivity contribution < 1.29 is 37.9 Å². The van der Waals surface area contributed by atoms with E-state index in [9.17, 15) is 14.2 Å². The molecule has 0 aliphatic rings. The van der Waals surface area contributed by atoms with Gasteiger partial charge in [0.2, 0.25) is 0 Å². The Kier molecular flexibility index (Phi) is 26.1. The highest BCUT2D eigenvalue weighted by molar-refractivity contribution is 7.46. The molecule has 0 aliphatic carbocycles. The maximum Gasteiger partial charge on any atom is 0.469 e. The molecule has 39 heavy (non-hydrogen) atoms. The second-order valence-electron chi connectivity index (χ2n) is 10.4. The number of rotatable bonds is 28. The van der Waals surface area contributed by atoms with E-state index in [4.69, 9.17) is 19.3 Å². The van der Waals surface area contributed by atoms with Crippen LogP contribution >= 0.6 is 7.82 Å². The number of esters is 2. The molecule has 0 aromatic carbocycles. The molecule has 0 aliphatic heterocycles. The smallest absolute Gasteiger partial charge is 0.462 e. The monoisotopic (exact) mass is 576 g/mol. The Balaban J connectivity index is 4.00. The normalized spacial score (nSPS) is 12.6. The summed E-state index contributed by atoms with van der Waals surface area (Å²) in [6.07, 6.45) is 25.4. The average Bonchev–Trinajstić information content (AvgIpc) is 2.89. The summed E-state index contributed by atoms with van der Waals surface area (Å²) >= 11 is 0. The van der Waals surface area contributed by atoms with Crippen molar-refractivity contribution in [2.24, 2.45) is 0 Å². The number of hydrogen-bond acceptors (Lipinski definition) is 6. The average molecular weight is 577 g/mol. The van der Waals surface area contributed by atoms with Gasteiger partial charge in [0.1, 0.15) is 6.61 Å². The van der Waals surface area contributed by atoms with E-state index < -0.39 is 32.5 Å². The first kappa shape index (κ1) is 37.8. The largest absolute Gasteiger partial charge is 0.469 e. The zero-order valence-electron chi connectivity index (χ0n) is 24.8. The van der Waals surface area contributed by atoms with E-state index >= 15 is 0 Å². The van der Waals surface area contributed by atoms with Gasteiger partial charge in [0, 0.05) is 12.8 Å². The lowest BCUT2D eigenvalue weighted by molar-refractivity contribution is -0.161. The zero-order valence-corrected chi connectivity index (χ0v) is 25.7. The molecule has 0 aromatic rings. The van der Waals surface area contributed by atoms with Crippen molar-refractivity contribution in [3.63, 3.8) is 0 Å². The number of ether oxygens (including phenoxy) is 2. The molecule has 2 N–H and O–H groups in total. The van der Waals surface area contributed by atoms with E-state index in [2.05, 4.69) is 17.5 Å². The van der Waals surface area contributed by atoms with Gasteiger partial charge in [0.25, 0.3) is 0 Å². The first-order chi connectivity index (χ1) is 18.8. The van der Waals surface area contributed by atoms with Gasteiger partial charge < -0.3 is 19.3 Å². The summed E-state index contributed by atoms with van der Waals surface area (Å²) in [5.41, 5.74) is 0. The van der Waals surface area contributed by atoms with Crippen LogP contribution in [0, 0.1) is 0 Å². The summed E-state index contributed by atoms with van der Waals surface area (Å²) in [6, 6.07) is 0. The lowest BCUT2D eigenvalue weighted by Gasteiger charge is -2.18. The molecule has 0 rings (SSSR count). The van der Waals surface area contributed by atoms with Crippen molar-refractivity contribution in [1.29, 1.82) is 0 Å². The lowest BCUT2D eigenvalue weighted by Crippen LogP contribution is -2.29. The van der Waals surface area contributed by atoms with Crippen molar-refractivity contribution in [3.05, 3.63) is 12.2 Å². The maximum atomic E-state index is 12.2. The number of phosphoric acid groups is 1. The molecule has 0 saturated heterocycles. The zero-order chi connectivity index (χ0) is 29.0. The second-order valence-corrected chi connectivity index (χ2v) is 11.7. The molecule has 0 radical (unpaired) electrons. The topological polar surface area (TPSA) is 119 Å². The number of carbonyl (C=O) groups excluding carboxylic acids is 2. The van der Waals surface area contributed by atoms with Crippen LogP contribution < -0.4 is 0 Å². The van der Waals surface area contributed by atoms with E-state index in [1.54, 1.807) is 0 Å². The third-order valence-electron chi connectivity index (χ3n) is 6.63. The van der Waals surface area contributed by atoms with E-state index in [1.807, 2.05) is 13.0 Å². The van der Waals surface area contributed by atoms with Crippen molar-refractivity contribution in [2.45, 2.75) is 155 Å². The Hall–Kier alpha value is -1.21. The van der Waals surface area contributed by atoms with E-state index in [0.717, 1.165) is 51.4 Å². The van der Waals surface area contributed by atoms with Crippen molar-refractivity contribution >= 4 is 19.8 Å². The lowest BCUT2D eigenvalue weighted by atomic mass is 10.0. The van der Waals surface area contributed by atoms with Crippen LogP contribution in [-0.4, -0.2) is 41.0 Å². The standard InChI is InChI=1S/C30H57O8P/c1-3-5-7-9-11-13-14-15-16-17-19-20-22-24-29(31)36-26-28(27-37-39(33,34)35)38-30(32)25-23-21-18-12-10-8-6-4-2/h4,6,28H,3,5,7-27H2,1-2H3,(H2,33,34,35)/b6-4+/t28-/m0/s1. The van der Waals surface area contributed by atoms with Crippen LogP contribution in [0.2, 0.25) is 0 Å². The van der Waals surface area contributed by atoms with Crippen molar-refractivity contribution in [3.8, 4) is 0 Å². The molecule has 0 aromatic heterocycles. The summed E-state index contributed by atoms with van der Waals surface area (Å²) in [5.74, 6) is -0.899. The van der Waals surface area contributed by atoms with Crippen LogP contribution in [0.3, 0.4) is 0 Å². The summed E-state index contributed by atoms with van der Waals surface area (Å²) in [4.78, 5) is 42.3. The Morgan fingerprint density at radius 1 is 0.692 bits per heavy atom. The van der Waals surface area contributed by atoms with Crippen LogP contribution in [-0.2, 0) is 28.2 Å². The summed E-state index contributed by atoms with van der Waals surface area (Å²) in [7, 11) is -4.73. The van der Waals surface area contributed by atoms with Gasteiger partial charge in [-0.15, -0.1) is 0 Å². The molecule has 0 bridgehead atoms. The maximum absolute atomic E-state index is 12.2. The molecular weight excluding hydrogens is 519 g/mol. The minimum Gasteiger partial charge on any atom is -0.462 e. The molecule has 0 fully saturated rings. The molecule has 0 heterocycles. The van der Waals surface area contributed by atoms with Crippen LogP contribution in [0.4, 0.5) is 0 Å². The number of allylic oxidation sites excluding steroid dienone is 2. The quantitative estimate of drug-likeness (QED) is 0.0413. The highest BCUT2D eigenvalue weighted by Crippen LogP contribution is 2.35. The van der Waals surface area contributed by atoms with Gasteiger partial charge in [0.05, 0.1) is 6.61 Å². The molecule has 9 heteroatoms. The number of hydrogen-bond donors (Lipinski definition) is 2. The van der Waals surface area contributed by atoms with Crippen LogP contribution in [0.25, 0.3) is 0 Å². The molecule has 230 valence electrons. The summed E-state index contributed by atoms with van der Waals surface area (Å²) in [6.45, 7) is 3.43. The van der Waals surface area contributed by atoms with E-state index in [-0.39, 0.29) is 19.4 Å². The number of carbonyl (C=O) groups is 2. The first-order valence-electron chi connectivity index (χ1n) is 15.4. The Morgan fingerprint density at radius 3 is 1.64 bits per heavy atom. The van der Waals surface area contributed by atoms with Crippen LogP contribution in [0.15, 0.2) is 12.2 Å². The highest BCUT2D eigenvalue weighted by atomic mass is 31.2. The van der Waals surface area contributed by atoms with Crippen LogP contribution in [0.1, 0.15) is 149 Å². The predicted molar refractivity (Wildman–Crippen MR) is 156 cm³/mol. The molecule has 0 saturated carbocycles. The van der Waals surface area contributed by atoms with Gasteiger partial charge in [-0.25, -0.2) is 4.57 Å². The van der Waals surface area contributed by atoms with Gasteiger partial charge in [0.15, 0.2) is 6.10 Å². The fourth-order valence-electron chi connectivity index (χ4n) is 4.31. The van der Waals surface area contributed by atoms with Gasteiger partial charge in [-0.2, -0.15) is 0 Å². The van der Waals surface area contributed by atoms with Gasteiger partial charge in [-0.1, -0.05) is 115 Å². The summed E-state index contributed by atoms with van der Waals surface area (Å²) in [5, 5.41) is 0. The first-order valence-corrected chi connectivity index (χ1v) is 17.0. The van der Waals surface area contributed by atoms with Gasteiger partial charge in [-0.3, -0.25) is 14.1 Å². The van der Waals surface area contributed by atoms with Crippen molar-refractivity contribution in [2.75, 3.05) is 13.2 Å². The second kappa shape index (κ2) is 27.0. The van der Waals surface area contributed by atoms with Gasteiger partial charge in [-0.05, 0) is 32.6 Å². The summed E-state index contributed by atoms with van der Waals surface area (Å²) < 4.78 is 26.1. The third kappa shape index (κ3) is 29.6. The van der Waals surface area contributed by atoms with Gasteiger partial charge >= 0.3 is 19.8 Å². The van der Waals surface area contributed by atoms with E-state index in [0.29, 0.717) is 6.42 Å². The predicted octanol–water partition coefficient (Wildman–Crippen LogP) is 8.34.